The highest BCUT2D eigenvalue weighted by atomic mass is 16.6. The van der Waals surface area contributed by atoms with Crippen LogP contribution < -0.4 is 11.2 Å². The number of alkyl carbamates (subject to hydrolysis) is 1. The molecule has 0 heterocycles. The predicted octanol–water partition coefficient (Wildman–Crippen LogP) is 2.49. The van der Waals surface area contributed by atoms with Gasteiger partial charge in [0.1, 0.15) is 5.60 Å². The van der Waals surface area contributed by atoms with Crippen LogP contribution in [0.4, 0.5) is 4.79 Å². The van der Waals surface area contributed by atoms with Gasteiger partial charge in [-0.15, -0.1) is 0 Å². The molecule has 3 N–H and O–H groups in total. The molecule has 1 atom stereocenters. The number of hydrogen-bond acceptors (Lipinski definition) is 4. The molecule has 1 unspecified atom stereocenters. The lowest BCUT2D eigenvalue weighted by Crippen LogP contribution is -2.35. The topological polar surface area (TPSA) is 73.6 Å². The summed E-state index contributed by atoms with van der Waals surface area (Å²) in [5.74, 6) is 5.16. The Kier molecular flexibility index (Phi) is 5.98. The Morgan fingerprint density at radius 1 is 1.40 bits per heavy atom. The summed E-state index contributed by atoms with van der Waals surface area (Å²) in [7, 11) is 0. The van der Waals surface area contributed by atoms with Gasteiger partial charge < -0.3 is 14.9 Å². The number of aryl methyl sites for hydroxylation is 1. The van der Waals surface area contributed by atoms with Gasteiger partial charge in [-0.25, -0.2) is 10.7 Å². The van der Waals surface area contributed by atoms with Crippen molar-refractivity contribution in [3.63, 3.8) is 0 Å². The van der Waals surface area contributed by atoms with Crippen molar-refractivity contribution in [3.8, 4) is 0 Å². The largest absolute Gasteiger partial charge is 0.444 e. The van der Waals surface area contributed by atoms with Gasteiger partial charge in [0.15, 0.2) is 0 Å². The molecule has 0 spiro atoms. The Morgan fingerprint density at radius 3 is 2.65 bits per heavy atom. The van der Waals surface area contributed by atoms with E-state index in [2.05, 4.69) is 11.4 Å². The Labute approximate surface area is 120 Å². The number of carbonyl (C=O) groups excluding carboxylic acids is 1. The highest BCUT2D eigenvalue weighted by Gasteiger charge is 2.18. The molecule has 1 aromatic rings. The van der Waals surface area contributed by atoms with E-state index in [4.69, 9.17) is 15.5 Å². The smallest absolute Gasteiger partial charge is 0.407 e. The van der Waals surface area contributed by atoms with Crippen molar-refractivity contribution in [2.24, 2.45) is 5.90 Å². The summed E-state index contributed by atoms with van der Waals surface area (Å²) in [6, 6.07) is 8.04. The van der Waals surface area contributed by atoms with Crippen LogP contribution in [0.2, 0.25) is 0 Å². The number of nitrogens with one attached hydrogen (secondary N) is 1. The molecule has 0 saturated carbocycles. The quantitative estimate of drug-likeness (QED) is 0.813. The number of benzene rings is 1. The van der Waals surface area contributed by atoms with Gasteiger partial charge in [0.25, 0.3) is 0 Å². The number of nitrogens with two attached hydrogens (primary N) is 1. The lowest BCUT2D eigenvalue weighted by Gasteiger charge is -2.22. The van der Waals surface area contributed by atoms with E-state index in [1.807, 2.05) is 45.9 Å². The molecule has 20 heavy (non-hydrogen) atoms. The molecule has 112 valence electrons. The van der Waals surface area contributed by atoms with Gasteiger partial charge in [-0.3, -0.25) is 0 Å². The molecule has 0 bridgehead atoms. The first kappa shape index (κ1) is 16.5. The number of amides is 1. The fraction of sp³-hybridized carbons (Fsp3) is 0.533. The minimum atomic E-state index is -0.507. The van der Waals surface area contributed by atoms with Gasteiger partial charge in [0.05, 0.1) is 6.61 Å². The molecule has 1 rings (SSSR count). The van der Waals surface area contributed by atoms with Gasteiger partial charge in [-0.2, -0.15) is 0 Å². The van der Waals surface area contributed by atoms with Crippen LogP contribution in [0.5, 0.6) is 0 Å². The molecule has 0 saturated heterocycles. The predicted molar refractivity (Wildman–Crippen MR) is 78.3 cm³/mol. The second-order valence-electron chi connectivity index (χ2n) is 5.83. The average molecular weight is 280 g/mol. The van der Waals surface area contributed by atoms with Crippen LogP contribution in [0.25, 0.3) is 0 Å². The van der Waals surface area contributed by atoms with Crippen molar-refractivity contribution in [1.82, 2.24) is 5.32 Å². The van der Waals surface area contributed by atoms with Gasteiger partial charge in [0.2, 0.25) is 0 Å². The second-order valence-corrected chi connectivity index (χ2v) is 5.83. The summed E-state index contributed by atoms with van der Waals surface area (Å²) < 4.78 is 5.20. The van der Waals surface area contributed by atoms with E-state index in [9.17, 15) is 4.79 Å². The fourth-order valence-electron chi connectivity index (χ4n) is 1.83. The number of ether oxygens (including phenoxy) is 1. The summed E-state index contributed by atoms with van der Waals surface area (Å²) in [5.41, 5.74) is 1.72. The lowest BCUT2D eigenvalue weighted by atomic mass is 9.98. The van der Waals surface area contributed by atoms with Gasteiger partial charge in [-0.1, -0.05) is 29.8 Å². The second kappa shape index (κ2) is 7.26. The summed E-state index contributed by atoms with van der Waals surface area (Å²) >= 11 is 0. The van der Waals surface area contributed by atoms with E-state index in [0.29, 0.717) is 13.2 Å². The lowest BCUT2D eigenvalue weighted by molar-refractivity contribution is 0.0512. The van der Waals surface area contributed by atoms with Crippen molar-refractivity contribution in [3.05, 3.63) is 35.4 Å². The maximum Gasteiger partial charge on any atom is 0.407 e. The normalized spacial score (nSPS) is 12.8. The van der Waals surface area contributed by atoms with Crippen LogP contribution in [0.15, 0.2) is 24.3 Å². The zero-order valence-electron chi connectivity index (χ0n) is 12.6. The first-order valence-electron chi connectivity index (χ1n) is 6.67. The molecule has 0 fully saturated rings. The molecular weight excluding hydrogens is 256 g/mol. The molecule has 5 heteroatoms. The zero-order chi connectivity index (χ0) is 15.2. The van der Waals surface area contributed by atoms with Crippen molar-refractivity contribution in [2.45, 2.75) is 39.2 Å². The van der Waals surface area contributed by atoms with Crippen LogP contribution in [-0.4, -0.2) is 24.8 Å². The average Bonchev–Trinajstić information content (AvgIpc) is 2.32. The van der Waals surface area contributed by atoms with Crippen LogP contribution >= 0.6 is 0 Å². The first-order valence-corrected chi connectivity index (χ1v) is 6.67. The first-order chi connectivity index (χ1) is 9.31. The van der Waals surface area contributed by atoms with Crippen molar-refractivity contribution in [2.75, 3.05) is 13.2 Å². The van der Waals surface area contributed by atoms with E-state index in [0.717, 1.165) is 11.1 Å². The maximum absolute atomic E-state index is 11.7. The minimum absolute atomic E-state index is 0.00702. The molecule has 0 aromatic heterocycles. The maximum atomic E-state index is 11.7. The third-order valence-electron chi connectivity index (χ3n) is 2.70. The third kappa shape index (κ3) is 6.04. The van der Waals surface area contributed by atoms with Crippen molar-refractivity contribution < 1.29 is 14.4 Å². The molecule has 0 aliphatic carbocycles. The van der Waals surface area contributed by atoms with Crippen LogP contribution in [0.1, 0.15) is 37.8 Å². The summed E-state index contributed by atoms with van der Waals surface area (Å²) in [4.78, 5) is 16.4. The molecule has 0 aliphatic rings. The van der Waals surface area contributed by atoms with Crippen LogP contribution in [0, 0.1) is 6.92 Å². The van der Waals surface area contributed by atoms with E-state index < -0.39 is 11.7 Å². The van der Waals surface area contributed by atoms with Gasteiger partial charge in [0, 0.05) is 12.5 Å². The van der Waals surface area contributed by atoms with E-state index in [1.165, 1.54) is 0 Å². The molecule has 5 nitrogen and oxygen atoms in total. The van der Waals surface area contributed by atoms with Crippen molar-refractivity contribution >= 4 is 6.09 Å². The molecule has 1 aromatic carbocycles. The Bertz CT molecular complexity index is 441. The number of hydrogen-bond donors (Lipinski definition) is 2. The van der Waals surface area contributed by atoms with E-state index >= 15 is 0 Å². The van der Waals surface area contributed by atoms with Crippen LogP contribution in [-0.2, 0) is 9.57 Å². The fourth-order valence-corrected chi connectivity index (χ4v) is 1.83. The summed E-state index contributed by atoms with van der Waals surface area (Å²) in [6.07, 6.45) is -0.438. The number of rotatable bonds is 5. The van der Waals surface area contributed by atoms with E-state index in [1.54, 1.807) is 0 Å². The highest BCUT2D eigenvalue weighted by molar-refractivity contribution is 5.67. The minimum Gasteiger partial charge on any atom is -0.444 e. The number of carbonyl (C=O) groups is 1. The van der Waals surface area contributed by atoms with E-state index in [-0.39, 0.29) is 5.92 Å². The SMILES string of the molecule is Cc1cccc(C(CNC(=O)OC(C)(C)C)CON)c1. The van der Waals surface area contributed by atoms with Gasteiger partial charge in [-0.05, 0) is 33.3 Å². The molecular formula is C15H24N2O3. The molecule has 1 amide bonds. The highest BCUT2D eigenvalue weighted by Crippen LogP contribution is 2.17. The molecule has 0 radical (unpaired) electrons. The Morgan fingerprint density at radius 2 is 2.10 bits per heavy atom. The Balaban J connectivity index is 2.62. The monoisotopic (exact) mass is 280 g/mol. The summed E-state index contributed by atoms with van der Waals surface area (Å²) in [5, 5.41) is 2.75. The van der Waals surface area contributed by atoms with Gasteiger partial charge >= 0.3 is 6.09 Å². The summed E-state index contributed by atoms with van der Waals surface area (Å²) in [6.45, 7) is 8.24. The van der Waals surface area contributed by atoms with Crippen LogP contribution in [0.3, 0.4) is 0 Å². The Hall–Kier alpha value is -1.59. The third-order valence-corrected chi connectivity index (χ3v) is 2.70. The zero-order valence-corrected chi connectivity index (χ0v) is 12.6. The standard InChI is InChI=1S/C15H24N2O3/c1-11-6-5-7-12(8-11)13(10-19-16)9-17-14(18)20-15(2,3)4/h5-8,13H,9-10,16H2,1-4H3,(H,17,18). The van der Waals surface area contributed by atoms with Crippen molar-refractivity contribution in [1.29, 1.82) is 0 Å². The molecule has 0 aliphatic heterocycles.